The summed E-state index contributed by atoms with van der Waals surface area (Å²) in [7, 11) is 0. The molecule has 11 unspecified atom stereocenters. The maximum absolute atomic E-state index is 13.0. The second-order valence-electron chi connectivity index (χ2n) is 18.0. The number of carbonyl (C=O) groups excluding carboxylic acids is 1. The zero-order valence-corrected chi connectivity index (χ0v) is 42.0. The lowest BCUT2D eigenvalue weighted by molar-refractivity contribution is -0.332. The first-order valence-corrected chi connectivity index (χ1v) is 26.2. The van der Waals surface area contributed by atoms with Crippen molar-refractivity contribution < 1.29 is 69.0 Å². The molecule has 2 rings (SSSR count). The van der Waals surface area contributed by atoms with Gasteiger partial charge in [-0.2, -0.15) is 0 Å². The molecule has 0 aromatic rings. The molecule has 0 aliphatic carbocycles. The normalized spacial score (nSPS) is 26.4. The maximum Gasteiger partial charge on any atom is 0.306 e. The number of hydrogen-bond donors (Lipinski definition) is 7. The van der Waals surface area contributed by atoms with E-state index in [0.717, 1.165) is 83.5 Å². The Morgan fingerprint density at radius 1 is 0.493 bits per heavy atom. The second kappa shape index (κ2) is 41.8. The maximum atomic E-state index is 13.0. The molecule has 0 aromatic carbocycles. The molecular formula is C55H92O14. The van der Waals surface area contributed by atoms with Crippen molar-refractivity contribution in [3.05, 3.63) is 85.1 Å². The first-order chi connectivity index (χ1) is 33.6. The van der Waals surface area contributed by atoms with E-state index in [1.54, 1.807) is 0 Å². The van der Waals surface area contributed by atoms with Crippen LogP contribution in [-0.4, -0.2) is 142 Å². The lowest BCUT2D eigenvalue weighted by atomic mass is 9.98. The van der Waals surface area contributed by atoms with Crippen molar-refractivity contribution in [1.29, 1.82) is 0 Å². The van der Waals surface area contributed by atoms with Gasteiger partial charge in [0, 0.05) is 13.0 Å². The quantitative estimate of drug-likeness (QED) is 0.0176. The average Bonchev–Trinajstić information content (AvgIpc) is 3.35. The molecule has 7 N–H and O–H groups in total. The highest BCUT2D eigenvalue weighted by Gasteiger charge is 2.47. The molecule has 2 saturated heterocycles. The predicted octanol–water partition coefficient (Wildman–Crippen LogP) is 8.07. The number of unbranched alkanes of at least 4 members (excludes halogenated alkanes) is 12. The van der Waals surface area contributed by atoms with Crippen LogP contribution >= 0.6 is 0 Å². The summed E-state index contributed by atoms with van der Waals surface area (Å²) in [6.07, 6.45) is 36.5. The SMILES string of the molecule is CC/C=C\C/C=C\C/C=C\C/C=C\C/C=C\C/C=C\C/C=C\CCCCCC(=O)OC(COCCCCCCCCCCCC)COC1OC(COC2OC(CO)C(O)C(O)C2O)C(O)C(O)C1O. The van der Waals surface area contributed by atoms with Gasteiger partial charge in [0.1, 0.15) is 54.9 Å². The number of aliphatic hydroxyl groups excluding tert-OH is 7. The number of aliphatic hydroxyl groups is 7. The van der Waals surface area contributed by atoms with Crippen LogP contribution in [0.15, 0.2) is 85.1 Å². The minimum Gasteiger partial charge on any atom is -0.457 e. The molecule has 0 spiro atoms. The van der Waals surface area contributed by atoms with Gasteiger partial charge in [-0.1, -0.05) is 163 Å². The van der Waals surface area contributed by atoms with Crippen molar-refractivity contribution >= 4 is 5.97 Å². The summed E-state index contributed by atoms with van der Waals surface area (Å²) in [5.74, 6) is -0.411. The Hall–Kier alpha value is -2.83. The van der Waals surface area contributed by atoms with Crippen LogP contribution in [0.25, 0.3) is 0 Å². The van der Waals surface area contributed by atoms with Crippen molar-refractivity contribution in [3.63, 3.8) is 0 Å². The summed E-state index contributed by atoms with van der Waals surface area (Å²) < 4.78 is 34.2. The molecule has 2 aliphatic heterocycles. The van der Waals surface area contributed by atoms with Crippen molar-refractivity contribution in [2.45, 2.75) is 223 Å². The second-order valence-corrected chi connectivity index (χ2v) is 18.0. The molecule has 2 heterocycles. The fraction of sp³-hybridized carbons (Fsp3) is 0.727. The molecule has 69 heavy (non-hydrogen) atoms. The minimum atomic E-state index is -1.72. The van der Waals surface area contributed by atoms with E-state index in [4.69, 9.17) is 28.4 Å². The van der Waals surface area contributed by atoms with Gasteiger partial charge in [0.15, 0.2) is 12.6 Å². The summed E-state index contributed by atoms with van der Waals surface area (Å²) in [5, 5.41) is 72.1. The van der Waals surface area contributed by atoms with Crippen LogP contribution < -0.4 is 0 Å². The van der Waals surface area contributed by atoms with Crippen LogP contribution in [0.2, 0.25) is 0 Å². The van der Waals surface area contributed by atoms with Crippen molar-refractivity contribution in [2.24, 2.45) is 0 Å². The van der Waals surface area contributed by atoms with Crippen LogP contribution in [0.4, 0.5) is 0 Å². The molecule has 0 amide bonds. The van der Waals surface area contributed by atoms with Gasteiger partial charge < -0.3 is 64.2 Å². The van der Waals surface area contributed by atoms with Crippen LogP contribution in [0.3, 0.4) is 0 Å². The van der Waals surface area contributed by atoms with Gasteiger partial charge in [-0.3, -0.25) is 4.79 Å². The van der Waals surface area contributed by atoms with E-state index < -0.39 is 86.7 Å². The zero-order chi connectivity index (χ0) is 50.2. The van der Waals surface area contributed by atoms with E-state index in [9.17, 15) is 40.5 Å². The minimum absolute atomic E-state index is 0.0440. The summed E-state index contributed by atoms with van der Waals surface area (Å²) >= 11 is 0. The molecule has 2 fully saturated rings. The number of ether oxygens (including phenoxy) is 6. The van der Waals surface area contributed by atoms with E-state index in [1.165, 1.54) is 44.9 Å². The van der Waals surface area contributed by atoms with Crippen molar-refractivity contribution in [2.75, 3.05) is 33.0 Å². The topological polar surface area (TPSA) is 214 Å². The molecule has 14 nitrogen and oxygen atoms in total. The Morgan fingerprint density at radius 3 is 1.46 bits per heavy atom. The zero-order valence-electron chi connectivity index (χ0n) is 42.0. The van der Waals surface area contributed by atoms with E-state index in [2.05, 4.69) is 98.9 Å². The van der Waals surface area contributed by atoms with E-state index in [0.29, 0.717) is 13.0 Å². The first-order valence-electron chi connectivity index (χ1n) is 26.2. The Balaban J connectivity index is 1.74. The smallest absolute Gasteiger partial charge is 0.306 e. The first kappa shape index (κ1) is 62.3. The highest BCUT2D eigenvalue weighted by atomic mass is 16.7. The van der Waals surface area contributed by atoms with Gasteiger partial charge in [0.25, 0.3) is 0 Å². The van der Waals surface area contributed by atoms with Crippen molar-refractivity contribution in [1.82, 2.24) is 0 Å². The van der Waals surface area contributed by atoms with Crippen LogP contribution in [0.1, 0.15) is 155 Å². The largest absolute Gasteiger partial charge is 0.457 e. The van der Waals surface area contributed by atoms with Gasteiger partial charge in [-0.15, -0.1) is 0 Å². The fourth-order valence-electron chi connectivity index (χ4n) is 7.68. The molecule has 0 saturated carbocycles. The van der Waals surface area contributed by atoms with E-state index in [1.807, 2.05) is 0 Å². The van der Waals surface area contributed by atoms with Crippen LogP contribution in [0.5, 0.6) is 0 Å². The lowest BCUT2D eigenvalue weighted by Gasteiger charge is -2.42. The molecular weight excluding hydrogens is 885 g/mol. The highest BCUT2D eigenvalue weighted by Crippen LogP contribution is 2.26. The van der Waals surface area contributed by atoms with Gasteiger partial charge in [0.05, 0.1) is 26.4 Å². The molecule has 0 aromatic heterocycles. The molecule has 14 heteroatoms. The van der Waals surface area contributed by atoms with E-state index >= 15 is 0 Å². The number of allylic oxidation sites excluding steroid dienone is 14. The highest BCUT2D eigenvalue weighted by molar-refractivity contribution is 5.69. The summed E-state index contributed by atoms with van der Waals surface area (Å²) in [6, 6.07) is 0. The molecule has 0 radical (unpaired) electrons. The number of hydrogen-bond acceptors (Lipinski definition) is 14. The Labute approximate surface area is 414 Å². The third kappa shape index (κ3) is 29.3. The number of esters is 1. The fourth-order valence-corrected chi connectivity index (χ4v) is 7.68. The number of carbonyl (C=O) groups is 1. The molecule has 396 valence electrons. The Morgan fingerprint density at radius 2 is 0.942 bits per heavy atom. The van der Waals surface area contributed by atoms with Crippen LogP contribution in [-0.2, 0) is 33.2 Å². The van der Waals surface area contributed by atoms with Gasteiger partial charge in [-0.25, -0.2) is 0 Å². The number of rotatable bonds is 40. The van der Waals surface area contributed by atoms with Crippen molar-refractivity contribution in [3.8, 4) is 0 Å². The Bertz CT molecular complexity index is 1460. The van der Waals surface area contributed by atoms with E-state index in [-0.39, 0.29) is 19.6 Å². The monoisotopic (exact) mass is 977 g/mol. The predicted molar refractivity (Wildman–Crippen MR) is 270 cm³/mol. The van der Waals surface area contributed by atoms with Gasteiger partial charge in [-0.05, 0) is 70.6 Å². The summed E-state index contributed by atoms with van der Waals surface area (Å²) in [4.78, 5) is 13.0. The molecule has 2 aliphatic rings. The standard InChI is InChI=1S/C55H92O14/c1-3-5-7-9-11-13-15-16-17-18-19-20-21-22-23-24-25-26-27-28-29-30-32-34-36-38-47(57)67-44(41-64-39-37-35-33-31-14-12-10-8-6-4-2)42-65-54-53(63)51(61)49(59)46(69-54)43-66-55-52(62)50(60)48(58)45(40-56)68-55/h5,7,11,13,16-17,19-20,22-23,25-26,28-29,44-46,48-56,58-63H,3-4,6,8-10,12,14-15,18,21,24,27,30-43H2,1-2H3/b7-5-,13-11-,17-16-,20-19-,23-22-,26-25-,29-28-. The van der Waals surface area contributed by atoms with Crippen LogP contribution in [0, 0.1) is 0 Å². The van der Waals surface area contributed by atoms with Gasteiger partial charge in [0.2, 0.25) is 0 Å². The molecule has 11 atom stereocenters. The average molecular weight is 977 g/mol. The lowest BCUT2D eigenvalue weighted by Crippen LogP contribution is -2.61. The molecule has 0 bridgehead atoms. The van der Waals surface area contributed by atoms with Gasteiger partial charge >= 0.3 is 5.97 Å². The Kier molecular flexibility index (Phi) is 37.7. The summed E-state index contributed by atoms with van der Waals surface area (Å²) in [6.45, 7) is 3.49. The third-order valence-corrected chi connectivity index (χ3v) is 11.9. The third-order valence-electron chi connectivity index (χ3n) is 11.9. The summed E-state index contributed by atoms with van der Waals surface area (Å²) in [5.41, 5.74) is 0.